The summed E-state index contributed by atoms with van der Waals surface area (Å²) in [5, 5.41) is 2.12. The van der Waals surface area contributed by atoms with Gasteiger partial charge in [-0.15, -0.1) is 11.3 Å². The fourth-order valence-corrected chi connectivity index (χ4v) is 2.23. The number of hydrogen-bond donors (Lipinski definition) is 0. The molecule has 12 heavy (non-hydrogen) atoms. The molecular weight excluding hydrogens is 164 g/mol. The highest BCUT2D eigenvalue weighted by Gasteiger charge is 2.10. The summed E-state index contributed by atoms with van der Waals surface area (Å²) in [6.07, 6.45) is 5.98. The van der Waals surface area contributed by atoms with Gasteiger partial charge in [-0.25, -0.2) is 0 Å². The van der Waals surface area contributed by atoms with Gasteiger partial charge in [0, 0.05) is 4.88 Å². The summed E-state index contributed by atoms with van der Waals surface area (Å²) in [5.41, 5.74) is 2.79. The van der Waals surface area contributed by atoms with Gasteiger partial charge in [-0.2, -0.15) is 0 Å². The van der Waals surface area contributed by atoms with Gasteiger partial charge in [0.1, 0.15) is 0 Å². The zero-order valence-electron chi connectivity index (χ0n) is 7.05. The second kappa shape index (κ2) is 3.28. The molecule has 62 valence electrons. The molecular formula is C11H12S. The lowest BCUT2D eigenvalue weighted by atomic mass is 10.1. The van der Waals surface area contributed by atoms with E-state index in [1.807, 2.05) is 0 Å². The van der Waals surface area contributed by atoms with Gasteiger partial charge in [0.15, 0.2) is 0 Å². The van der Waals surface area contributed by atoms with Crippen molar-refractivity contribution in [1.29, 1.82) is 0 Å². The molecule has 0 saturated heterocycles. The molecule has 1 aromatic rings. The van der Waals surface area contributed by atoms with Crippen LogP contribution in [0.3, 0.4) is 0 Å². The van der Waals surface area contributed by atoms with Crippen molar-refractivity contribution in [2.75, 3.05) is 0 Å². The Bertz CT molecular complexity index is 304. The minimum atomic E-state index is 1.19. The average molecular weight is 176 g/mol. The molecule has 0 unspecified atom stereocenters. The van der Waals surface area contributed by atoms with Crippen LogP contribution in [0.1, 0.15) is 24.1 Å². The molecule has 0 N–H and O–H groups in total. The third kappa shape index (κ3) is 1.51. The van der Waals surface area contributed by atoms with E-state index in [1.165, 1.54) is 35.3 Å². The lowest BCUT2D eigenvalue weighted by molar-refractivity contribution is 0.935. The Morgan fingerprint density at radius 1 is 1.42 bits per heavy atom. The predicted molar refractivity (Wildman–Crippen MR) is 55.3 cm³/mol. The molecule has 0 nitrogen and oxygen atoms in total. The average Bonchev–Trinajstić information content (AvgIpc) is 2.65. The lowest BCUT2D eigenvalue weighted by Crippen LogP contribution is -1.74. The van der Waals surface area contributed by atoms with E-state index in [2.05, 4.69) is 30.2 Å². The molecule has 1 fully saturated rings. The highest BCUT2D eigenvalue weighted by Crippen LogP contribution is 2.31. The molecule has 1 aliphatic rings. The van der Waals surface area contributed by atoms with Crippen LogP contribution in [-0.2, 0) is 0 Å². The SMILES string of the molecule is C=C1CCC/C1=C\c1cccs1. The summed E-state index contributed by atoms with van der Waals surface area (Å²) < 4.78 is 0. The van der Waals surface area contributed by atoms with Crippen LogP contribution in [-0.4, -0.2) is 0 Å². The second-order valence-electron chi connectivity index (χ2n) is 3.14. The van der Waals surface area contributed by atoms with Crippen LogP contribution in [0.5, 0.6) is 0 Å². The molecule has 0 aliphatic heterocycles. The zero-order valence-corrected chi connectivity index (χ0v) is 7.86. The summed E-state index contributed by atoms with van der Waals surface area (Å²) >= 11 is 1.79. The number of hydrogen-bond acceptors (Lipinski definition) is 1. The van der Waals surface area contributed by atoms with Crippen molar-refractivity contribution in [3.8, 4) is 0 Å². The van der Waals surface area contributed by atoms with Crippen LogP contribution in [0, 0.1) is 0 Å². The zero-order chi connectivity index (χ0) is 8.39. The third-order valence-corrected chi connectivity index (χ3v) is 3.06. The van der Waals surface area contributed by atoms with Crippen molar-refractivity contribution >= 4 is 17.4 Å². The van der Waals surface area contributed by atoms with E-state index in [4.69, 9.17) is 0 Å². The minimum Gasteiger partial charge on any atom is -0.144 e. The third-order valence-electron chi connectivity index (χ3n) is 2.24. The molecule has 0 bridgehead atoms. The standard InChI is InChI=1S/C11H12S/c1-9-4-2-5-10(9)8-11-6-3-7-12-11/h3,6-8H,1-2,4-5H2/b10-8+. The Kier molecular flexibility index (Phi) is 2.13. The quantitative estimate of drug-likeness (QED) is 0.609. The normalized spacial score (nSPS) is 20.7. The fraction of sp³-hybridized carbons (Fsp3) is 0.273. The summed E-state index contributed by atoms with van der Waals surface area (Å²) in [6.45, 7) is 4.05. The molecule has 1 aromatic heterocycles. The molecule has 0 amide bonds. The Morgan fingerprint density at radius 2 is 2.33 bits per heavy atom. The van der Waals surface area contributed by atoms with Crippen molar-refractivity contribution < 1.29 is 0 Å². The highest BCUT2D eigenvalue weighted by atomic mass is 32.1. The smallest absolute Gasteiger partial charge is 0.0273 e. The predicted octanol–water partition coefficient (Wildman–Crippen LogP) is 3.87. The van der Waals surface area contributed by atoms with Crippen molar-refractivity contribution in [3.63, 3.8) is 0 Å². The van der Waals surface area contributed by atoms with Crippen LogP contribution in [0.15, 0.2) is 35.2 Å². The molecule has 2 rings (SSSR count). The first kappa shape index (κ1) is 7.81. The minimum absolute atomic E-state index is 1.19. The second-order valence-corrected chi connectivity index (χ2v) is 4.12. The Hall–Kier alpha value is -0.820. The van der Waals surface area contributed by atoms with Gasteiger partial charge in [0.2, 0.25) is 0 Å². The van der Waals surface area contributed by atoms with Gasteiger partial charge in [-0.1, -0.05) is 18.2 Å². The first-order valence-electron chi connectivity index (χ1n) is 4.28. The highest BCUT2D eigenvalue weighted by molar-refractivity contribution is 7.10. The molecule has 0 radical (unpaired) electrons. The molecule has 0 aromatic carbocycles. The molecule has 1 saturated carbocycles. The van der Waals surface area contributed by atoms with Crippen molar-refractivity contribution in [1.82, 2.24) is 0 Å². The van der Waals surface area contributed by atoms with Crippen molar-refractivity contribution in [2.45, 2.75) is 19.3 Å². The summed E-state index contributed by atoms with van der Waals surface area (Å²) in [7, 11) is 0. The van der Waals surface area contributed by atoms with Gasteiger partial charge >= 0.3 is 0 Å². The maximum Gasteiger partial charge on any atom is 0.0273 e. The van der Waals surface area contributed by atoms with Crippen LogP contribution >= 0.6 is 11.3 Å². The maximum absolute atomic E-state index is 4.05. The van der Waals surface area contributed by atoms with Crippen molar-refractivity contribution in [2.24, 2.45) is 0 Å². The molecule has 0 atom stereocenters. The van der Waals surface area contributed by atoms with Gasteiger partial charge in [0.05, 0.1) is 0 Å². The van der Waals surface area contributed by atoms with E-state index in [-0.39, 0.29) is 0 Å². The molecule has 1 aliphatic carbocycles. The maximum atomic E-state index is 4.05. The van der Waals surface area contributed by atoms with Crippen LogP contribution < -0.4 is 0 Å². The monoisotopic (exact) mass is 176 g/mol. The lowest BCUT2D eigenvalue weighted by Gasteiger charge is -1.95. The summed E-state index contributed by atoms with van der Waals surface area (Å²) in [4.78, 5) is 1.35. The Morgan fingerprint density at radius 3 is 2.92 bits per heavy atom. The van der Waals surface area contributed by atoms with Crippen LogP contribution in [0.4, 0.5) is 0 Å². The number of allylic oxidation sites excluding steroid dienone is 2. The Labute approximate surface area is 77.2 Å². The van der Waals surface area contributed by atoms with Crippen molar-refractivity contribution in [3.05, 3.63) is 40.1 Å². The largest absolute Gasteiger partial charge is 0.144 e. The molecule has 1 heteroatoms. The van der Waals surface area contributed by atoms with Crippen LogP contribution in [0.2, 0.25) is 0 Å². The number of thiophene rings is 1. The summed E-state index contributed by atoms with van der Waals surface area (Å²) in [5.74, 6) is 0. The number of rotatable bonds is 1. The molecule has 1 heterocycles. The van der Waals surface area contributed by atoms with E-state index in [0.717, 1.165) is 0 Å². The van der Waals surface area contributed by atoms with E-state index in [9.17, 15) is 0 Å². The van der Waals surface area contributed by atoms with E-state index in [0.29, 0.717) is 0 Å². The first-order valence-corrected chi connectivity index (χ1v) is 5.16. The van der Waals surface area contributed by atoms with Crippen LogP contribution in [0.25, 0.3) is 6.08 Å². The topological polar surface area (TPSA) is 0 Å². The summed E-state index contributed by atoms with van der Waals surface area (Å²) in [6, 6.07) is 4.25. The van der Waals surface area contributed by atoms with Gasteiger partial charge in [-0.3, -0.25) is 0 Å². The van der Waals surface area contributed by atoms with Gasteiger partial charge in [0.25, 0.3) is 0 Å². The van der Waals surface area contributed by atoms with E-state index in [1.54, 1.807) is 11.3 Å². The molecule has 0 spiro atoms. The van der Waals surface area contributed by atoms with Gasteiger partial charge in [-0.05, 0) is 42.4 Å². The van der Waals surface area contributed by atoms with Gasteiger partial charge < -0.3 is 0 Å². The fourth-order valence-electron chi connectivity index (χ4n) is 1.55. The Balaban J connectivity index is 2.23. The first-order chi connectivity index (χ1) is 5.86. The van der Waals surface area contributed by atoms with E-state index < -0.39 is 0 Å². The van der Waals surface area contributed by atoms with E-state index >= 15 is 0 Å².